The van der Waals surface area contributed by atoms with Crippen molar-refractivity contribution >= 4 is 23.5 Å². The summed E-state index contributed by atoms with van der Waals surface area (Å²) in [5.74, 6) is -1.36. The van der Waals surface area contributed by atoms with Crippen molar-refractivity contribution in [3.05, 3.63) is 29.8 Å². The van der Waals surface area contributed by atoms with Crippen LogP contribution >= 0.6 is 0 Å². The van der Waals surface area contributed by atoms with E-state index in [9.17, 15) is 14.7 Å². The lowest BCUT2D eigenvalue weighted by Gasteiger charge is -2.30. The van der Waals surface area contributed by atoms with Gasteiger partial charge in [-0.05, 0) is 6.07 Å². The molecule has 1 aromatic rings. The zero-order valence-electron chi connectivity index (χ0n) is 10.6. The maximum atomic E-state index is 12.1. The first-order valence-corrected chi connectivity index (χ1v) is 5.72. The SMILES string of the molecule is CN1C(=N)NC(=O)[C@@H]1[C@]1(O)C(=O)Nc2ccccc21.O. The van der Waals surface area contributed by atoms with Crippen molar-refractivity contribution in [1.29, 1.82) is 5.41 Å². The Kier molecular flexibility index (Phi) is 2.99. The molecule has 0 unspecified atom stereocenters. The molecule has 2 amide bonds. The quantitative estimate of drug-likeness (QED) is 0.490. The minimum atomic E-state index is -1.99. The van der Waals surface area contributed by atoms with E-state index in [0.717, 1.165) is 0 Å². The summed E-state index contributed by atoms with van der Waals surface area (Å²) in [4.78, 5) is 25.3. The van der Waals surface area contributed by atoms with E-state index in [4.69, 9.17) is 5.41 Å². The molecule has 1 saturated heterocycles. The number of hydrogen-bond acceptors (Lipinski definition) is 4. The van der Waals surface area contributed by atoms with Crippen molar-refractivity contribution in [2.75, 3.05) is 12.4 Å². The average Bonchev–Trinajstić information content (AvgIpc) is 2.77. The molecule has 106 valence electrons. The molecule has 0 radical (unpaired) electrons. The lowest BCUT2D eigenvalue weighted by atomic mass is 9.87. The molecule has 2 heterocycles. The molecule has 0 bridgehead atoms. The number of nitrogens with one attached hydrogen (secondary N) is 3. The Labute approximate surface area is 114 Å². The molecular weight excluding hydrogens is 264 g/mol. The van der Waals surface area contributed by atoms with E-state index in [0.29, 0.717) is 11.3 Å². The molecule has 20 heavy (non-hydrogen) atoms. The summed E-state index contributed by atoms with van der Waals surface area (Å²) in [5, 5.41) is 23.2. The van der Waals surface area contributed by atoms with Gasteiger partial charge in [0, 0.05) is 18.3 Å². The van der Waals surface area contributed by atoms with Gasteiger partial charge in [0.2, 0.25) is 0 Å². The van der Waals surface area contributed by atoms with Gasteiger partial charge < -0.3 is 20.8 Å². The normalized spacial score (nSPS) is 27.8. The Morgan fingerprint density at radius 1 is 1.30 bits per heavy atom. The zero-order chi connectivity index (χ0) is 13.8. The number of carbonyl (C=O) groups excluding carboxylic acids is 2. The number of guanidine groups is 1. The van der Waals surface area contributed by atoms with Crippen LogP contribution in [0.2, 0.25) is 0 Å². The Bertz CT molecular complexity index is 617. The Hall–Kier alpha value is -2.45. The predicted octanol–water partition coefficient (Wildman–Crippen LogP) is -1.63. The maximum absolute atomic E-state index is 12.1. The number of benzene rings is 1. The zero-order valence-corrected chi connectivity index (χ0v) is 10.6. The highest BCUT2D eigenvalue weighted by Gasteiger charge is 2.58. The van der Waals surface area contributed by atoms with Crippen LogP contribution in [-0.2, 0) is 15.2 Å². The third-order valence-corrected chi connectivity index (χ3v) is 3.56. The monoisotopic (exact) mass is 278 g/mol. The van der Waals surface area contributed by atoms with Gasteiger partial charge in [0.25, 0.3) is 11.8 Å². The lowest BCUT2D eigenvalue weighted by Crippen LogP contribution is -2.54. The summed E-state index contributed by atoms with van der Waals surface area (Å²) >= 11 is 0. The van der Waals surface area contributed by atoms with Gasteiger partial charge in [-0.25, -0.2) is 0 Å². The number of aliphatic hydroxyl groups is 1. The van der Waals surface area contributed by atoms with E-state index in [2.05, 4.69) is 10.6 Å². The fourth-order valence-electron chi connectivity index (χ4n) is 2.58. The van der Waals surface area contributed by atoms with Gasteiger partial charge in [-0.3, -0.25) is 20.3 Å². The first kappa shape index (κ1) is 14.0. The van der Waals surface area contributed by atoms with Crippen LogP contribution in [-0.4, -0.2) is 46.3 Å². The van der Waals surface area contributed by atoms with Crippen LogP contribution in [0.3, 0.4) is 0 Å². The van der Waals surface area contributed by atoms with Gasteiger partial charge in [0.05, 0.1) is 0 Å². The third-order valence-electron chi connectivity index (χ3n) is 3.56. The van der Waals surface area contributed by atoms with Gasteiger partial charge in [-0.2, -0.15) is 0 Å². The van der Waals surface area contributed by atoms with Crippen LogP contribution in [0.5, 0.6) is 0 Å². The van der Waals surface area contributed by atoms with Crippen LogP contribution in [0, 0.1) is 5.41 Å². The molecule has 0 aliphatic carbocycles. The molecular formula is C12H14N4O4. The number of fused-ring (bicyclic) bond motifs is 1. The minimum absolute atomic E-state index is 0. The molecule has 8 heteroatoms. The van der Waals surface area contributed by atoms with Crippen LogP contribution in [0.25, 0.3) is 0 Å². The second kappa shape index (κ2) is 4.29. The van der Waals surface area contributed by atoms with Crippen molar-refractivity contribution < 1.29 is 20.2 Å². The van der Waals surface area contributed by atoms with Crippen LogP contribution in [0.1, 0.15) is 5.56 Å². The molecule has 1 fully saturated rings. The number of likely N-dealkylation sites (N-methyl/N-ethyl adjacent to an activating group) is 1. The second-order valence-corrected chi connectivity index (χ2v) is 4.62. The first-order chi connectivity index (χ1) is 8.96. The maximum Gasteiger partial charge on any atom is 0.263 e. The molecule has 8 nitrogen and oxygen atoms in total. The summed E-state index contributed by atoms with van der Waals surface area (Å²) in [5.41, 5.74) is -1.16. The molecule has 2 aliphatic heterocycles. The molecule has 1 aromatic carbocycles. The molecule has 0 aromatic heterocycles. The molecule has 3 rings (SSSR count). The average molecular weight is 278 g/mol. The van der Waals surface area contributed by atoms with E-state index in [-0.39, 0.29) is 11.4 Å². The largest absolute Gasteiger partial charge is 0.412 e. The van der Waals surface area contributed by atoms with Crippen LogP contribution in [0.4, 0.5) is 5.69 Å². The number of hydrogen-bond donors (Lipinski definition) is 4. The first-order valence-electron chi connectivity index (χ1n) is 5.72. The number of amides is 2. The highest BCUT2D eigenvalue weighted by Crippen LogP contribution is 2.40. The Morgan fingerprint density at radius 2 is 1.95 bits per heavy atom. The summed E-state index contributed by atoms with van der Waals surface area (Å²) in [6.45, 7) is 0. The summed E-state index contributed by atoms with van der Waals surface area (Å²) in [6, 6.07) is 5.51. The molecule has 2 atom stereocenters. The van der Waals surface area contributed by atoms with Crippen molar-refractivity contribution in [2.45, 2.75) is 11.6 Å². The van der Waals surface area contributed by atoms with Gasteiger partial charge in [-0.15, -0.1) is 0 Å². The van der Waals surface area contributed by atoms with Gasteiger partial charge >= 0.3 is 0 Å². The molecule has 0 spiro atoms. The fourth-order valence-corrected chi connectivity index (χ4v) is 2.58. The third kappa shape index (κ3) is 1.52. The van der Waals surface area contributed by atoms with Gasteiger partial charge in [0.15, 0.2) is 17.6 Å². The summed E-state index contributed by atoms with van der Waals surface area (Å²) < 4.78 is 0. The Morgan fingerprint density at radius 3 is 2.55 bits per heavy atom. The summed E-state index contributed by atoms with van der Waals surface area (Å²) in [6.07, 6.45) is 0. The standard InChI is InChI=1S/C12H12N4O3.H2O/c1-16-8(9(17)15-11(16)13)12(19)6-4-2-3-5-7(6)14-10(12)18;/h2-5,8,19H,1H3,(H,14,18)(H2,13,15,17);1H2/t8-,12+;/m1./s1. The number of carbonyl (C=O) groups is 2. The lowest BCUT2D eigenvalue weighted by molar-refractivity contribution is -0.146. The van der Waals surface area contributed by atoms with Crippen LogP contribution in [0.15, 0.2) is 24.3 Å². The highest BCUT2D eigenvalue weighted by molar-refractivity contribution is 6.13. The van der Waals surface area contributed by atoms with E-state index < -0.39 is 23.5 Å². The van der Waals surface area contributed by atoms with Gasteiger partial charge in [-0.1, -0.05) is 18.2 Å². The van der Waals surface area contributed by atoms with Crippen molar-refractivity contribution in [1.82, 2.24) is 10.2 Å². The molecule has 2 aliphatic rings. The van der Waals surface area contributed by atoms with Crippen molar-refractivity contribution in [3.63, 3.8) is 0 Å². The number of nitrogens with zero attached hydrogens (tertiary/aromatic N) is 1. The molecule has 6 N–H and O–H groups in total. The van der Waals surface area contributed by atoms with Crippen LogP contribution < -0.4 is 10.6 Å². The van der Waals surface area contributed by atoms with E-state index in [1.165, 1.54) is 11.9 Å². The van der Waals surface area contributed by atoms with E-state index >= 15 is 0 Å². The Balaban J connectivity index is 0.00000147. The van der Waals surface area contributed by atoms with Crippen molar-refractivity contribution in [3.8, 4) is 0 Å². The van der Waals surface area contributed by atoms with Crippen molar-refractivity contribution in [2.24, 2.45) is 0 Å². The number of anilines is 1. The second-order valence-electron chi connectivity index (χ2n) is 4.62. The highest BCUT2D eigenvalue weighted by atomic mass is 16.3. The van der Waals surface area contributed by atoms with E-state index in [1.807, 2.05) is 0 Å². The number of para-hydroxylation sites is 1. The van der Waals surface area contributed by atoms with Gasteiger partial charge in [0.1, 0.15) is 0 Å². The summed E-state index contributed by atoms with van der Waals surface area (Å²) in [7, 11) is 1.48. The number of rotatable bonds is 1. The fraction of sp³-hybridized carbons (Fsp3) is 0.250. The minimum Gasteiger partial charge on any atom is -0.412 e. The topological polar surface area (TPSA) is 137 Å². The smallest absolute Gasteiger partial charge is 0.263 e. The molecule has 0 saturated carbocycles. The van der Waals surface area contributed by atoms with E-state index in [1.54, 1.807) is 24.3 Å². The predicted molar refractivity (Wildman–Crippen MR) is 70.0 cm³/mol.